The molecule has 2 aromatic carbocycles. The van der Waals surface area contributed by atoms with E-state index in [1.165, 1.54) is 6.07 Å². The molecule has 0 atom stereocenters. The Kier molecular flexibility index (Phi) is 7.35. The number of rotatable bonds is 7. The molecular weight excluding hydrogens is 404 g/mol. The van der Waals surface area contributed by atoms with Crippen molar-refractivity contribution in [3.05, 3.63) is 58.1 Å². The Morgan fingerprint density at radius 2 is 1.74 bits per heavy atom. The highest BCUT2D eigenvalue weighted by Gasteiger charge is 2.34. The minimum absolute atomic E-state index is 0.0585. The number of nitrogens with one attached hydrogen (secondary N) is 1. The molecule has 0 aliphatic carbocycles. The summed E-state index contributed by atoms with van der Waals surface area (Å²) < 4.78 is 44.7. The van der Waals surface area contributed by atoms with Crippen molar-refractivity contribution in [1.82, 2.24) is 4.90 Å². The summed E-state index contributed by atoms with van der Waals surface area (Å²) in [6.07, 6.45) is -4.62. The molecule has 0 saturated heterocycles. The third-order valence-corrected chi connectivity index (χ3v) is 4.02. The fourth-order valence-corrected chi connectivity index (χ4v) is 2.52. The smallest absolute Gasteiger partial charge is 0.418 e. The first-order valence-electron chi connectivity index (χ1n) is 7.88. The number of benzene rings is 2. The van der Waals surface area contributed by atoms with Crippen LogP contribution in [0.15, 0.2) is 42.5 Å². The summed E-state index contributed by atoms with van der Waals surface area (Å²) in [6.45, 7) is 0.618. The zero-order valence-corrected chi connectivity index (χ0v) is 15.8. The van der Waals surface area contributed by atoms with E-state index in [4.69, 9.17) is 27.9 Å². The molecule has 0 heterocycles. The van der Waals surface area contributed by atoms with Gasteiger partial charge in [0.1, 0.15) is 12.4 Å². The van der Waals surface area contributed by atoms with Gasteiger partial charge in [0.05, 0.1) is 17.8 Å². The second-order valence-corrected chi connectivity index (χ2v) is 6.65. The van der Waals surface area contributed by atoms with E-state index in [9.17, 15) is 18.0 Å². The number of likely N-dealkylation sites (N-methyl/N-ethyl adjacent to an activating group) is 1. The van der Waals surface area contributed by atoms with Crippen molar-refractivity contribution in [1.29, 1.82) is 0 Å². The van der Waals surface area contributed by atoms with Crippen LogP contribution in [0.2, 0.25) is 10.0 Å². The number of carbonyl (C=O) groups excluding carboxylic acids is 1. The number of carbonyl (C=O) groups is 1. The van der Waals surface area contributed by atoms with Gasteiger partial charge in [-0.25, -0.2) is 0 Å². The van der Waals surface area contributed by atoms with E-state index in [0.717, 1.165) is 12.1 Å². The predicted molar refractivity (Wildman–Crippen MR) is 99.5 cm³/mol. The number of hydrogen-bond acceptors (Lipinski definition) is 3. The zero-order valence-electron chi connectivity index (χ0n) is 14.3. The average molecular weight is 421 g/mol. The summed E-state index contributed by atoms with van der Waals surface area (Å²) in [6, 6.07) is 10.0. The van der Waals surface area contributed by atoms with E-state index in [0.29, 0.717) is 23.9 Å². The van der Waals surface area contributed by atoms with E-state index in [2.05, 4.69) is 5.32 Å². The van der Waals surface area contributed by atoms with Crippen LogP contribution in [0, 0.1) is 0 Å². The first-order chi connectivity index (χ1) is 12.6. The highest BCUT2D eigenvalue weighted by atomic mass is 35.5. The highest BCUT2D eigenvalue weighted by Crippen LogP contribution is 2.36. The predicted octanol–water partition coefficient (Wildman–Crippen LogP) is 4.96. The van der Waals surface area contributed by atoms with Gasteiger partial charge in [0.2, 0.25) is 5.91 Å². The van der Waals surface area contributed by atoms with Gasteiger partial charge >= 0.3 is 6.18 Å². The lowest BCUT2D eigenvalue weighted by atomic mass is 10.1. The lowest BCUT2D eigenvalue weighted by Gasteiger charge is -2.18. The van der Waals surface area contributed by atoms with Gasteiger partial charge < -0.3 is 10.1 Å². The van der Waals surface area contributed by atoms with Crippen molar-refractivity contribution in [3.8, 4) is 5.75 Å². The third kappa shape index (κ3) is 6.93. The largest absolute Gasteiger partial charge is 0.492 e. The minimum atomic E-state index is -4.62. The zero-order chi connectivity index (χ0) is 20.0. The minimum Gasteiger partial charge on any atom is -0.492 e. The molecule has 4 nitrogen and oxygen atoms in total. The number of nitrogens with zero attached hydrogens (tertiary/aromatic N) is 1. The molecule has 0 fully saturated rings. The monoisotopic (exact) mass is 420 g/mol. The van der Waals surface area contributed by atoms with E-state index in [-0.39, 0.29) is 17.3 Å². The standard InChI is InChI=1S/C18H17Cl2F3N2O2/c1-25(8-9-27-14-5-2-12(19)3-6-14)11-17(26)24-16-7-4-13(20)10-15(16)18(21,22)23/h2-7,10H,8-9,11H2,1H3,(H,24,26). The number of hydrogen-bond donors (Lipinski definition) is 1. The van der Waals surface area contributed by atoms with Crippen molar-refractivity contribution in [3.63, 3.8) is 0 Å². The summed E-state index contributed by atoms with van der Waals surface area (Å²) in [5.74, 6) is 0.0602. The molecule has 0 radical (unpaired) electrons. The van der Waals surface area contributed by atoms with Crippen LogP contribution in [0.5, 0.6) is 5.75 Å². The topological polar surface area (TPSA) is 41.6 Å². The number of alkyl halides is 3. The second kappa shape index (κ2) is 9.30. The van der Waals surface area contributed by atoms with E-state index in [1.807, 2.05) is 0 Å². The molecule has 2 rings (SSSR count). The number of halogens is 5. The van der Waals surface area contributed by atoms with Gasteiger partial charge in [-0.15, -0.1) is 0 Å². The molecule has 0 bridgehead atoms. The SMILES string of the molecule is CN(CCOc1ccc(Cl)cc1)CC(=O)Nc1ccc(Cl)cc1C(F)(F)F. The maximum absolute atomic E-state index is 13.0. The molecule has 2 aromatic rings. The van der Waals surface area contributed by atoms with Gasteiger partial charge in [-0.2, -0.15) is 13.2 Å². The van der Waals surface area contributed by atoms with E-state index < -0.39 is 17.6 Å². The molecule has 0 spiro atoms. The molecule has 146 valence electrons. The van der Waals surface area contributed by atoms with Gasteiger partial charge in [-0.05, 0) is 49.5 Å². The molecule has 0 saturated carbocycles. The fourth-order valence-electron chi connectivity index (χ4n) is 2.22. The third-order valence-electron chi connectivity index (χ3n) is 3.53. The normalized spacial score (nSPS) is 11.5. The molecule has 1 N–H and O–H groups in total. The Bertz CT molecular complexity index is 783. The van der Waals surface area contributed by atoms with Crippen LogP contribution < -0.4 is 10.1 Å². The van der Waals surface area contributed by atoms with Crippen molar-refractivity contribution in [2.24, 2.45) is 0 Å². The van der Waals surface area contributed by atoms with Gasteiger partial charge in [0, 0.05) is 16.6 Å². The molecule has 0 aliphatic heterocycles. The van der Waals surface area contributed by atoms with Gasteiger partial charge in [0.15, 0.2) is 0 Å². The van der Waals surface area contributed by atoms with Crippen LogP contribution in [-0.4, -0.2) is 37.6 Å². The first kappa shape index (κ1) is 21.3. The van der Waals surface area contributed by atoms with Crippen LogP contribution in [0.1, 0.15) is 5.56 Å². The van der Waals surface area contributed by atoms with E-state index >= 15 is 0 Å². The van der Waals surface area contributed by atoms with Crippen LogP contribution in [0.4, 0.5) is 18.9 Å². The lowest BCUT2D eigenvalue weighted by Crippen LogP contribution is -2.33. The van der Waals surface area contributed by atoms with Crippen LogP contribution in [0.25, 0.3) is 0 Å². The van der Waals surface area contributed by atoms with Crippen molar-refractivity contribution < 1.29 is 22.7 Å². The maximum atomic E-state index is 13.0. The molecule has 27 heavy (non-hydrogen) atoms. The Morgan fingerprint density at radius 3 is 2.37 bits per heavy atom. The quantitative estimate of drug-likeness (QED) is 0.687. The average Bonchev–Trinajstić information content (AvgIpc) is 2.57. The fraction of sp³-hybridized carbons (Fsp3) is 0.278. The Labute approximate surface area is 164 Å². The summed E-state index contributed by atoms with van der Waals surface area (Å²) in [4.78, 5) is 13.7. The Hall–Kier alpha value is -1.96. The molecule has 9 heteroatoms. The van der Waals surface area contributed by atoms with Gasteiger partial charge in [-0.1, -0.05) is 23.2 Å². The van der Waals surface area contributed by atoms with Crippen molar-refractivity contribution in [2.75, 3.05) is 32.1 Å². The number of amides is 1. The summed E-state index contributed by atoms with van der Waals surface area (Å²) in [5, 5.41) is 2.81. The second-order valence-electron chi connectivity index (χ2n) is 5.78. The molecule has 1 amide bonds. The van der Waals surface area contributed by atoms with Crippen LogP contribution in [0.3, 0.4) is 0 Å². The van der Waals surface area contributed by atoms with Crippen LogP contribution >= 0.6 is 23.2 Å². The lowest BCUT2D eigenvalue weighted by molar-refractivity contribution is -0.137. The maximum Gasteiger partial charge on any atom is 0.418 e. The number of ether oxygens (including phenoxy) is 1. The van der Waals surface area contributed by atoms with Crippen molar-refractivity contribution in [2.45, 2.75) is 6.18 Å². The van der Waals surface area contributed by atoms with Crippen LogP contribution in [-0.2, 0) is 11.0 Å². The highest BCUT2D eigenvalue weighted by molar-refractivity contribution is 6.31. The molecular formula is C18H17Cl2F3N2O2. The van der Waals surface area contributed by atoms with E-state index in [1.54, 1.807) is 36.2 Å². The summed E-state index contributed by atoms with van der Waals surface area (Å²) in [7, 11) is 1.66. The molecule has 0 aromatic heterocycles. The molecule has 0 aliphatic rings. The van der Waals surface area contributed by atoms with Crippen molar-refractivity contribution >= 4 is 34.8 Å². The Balaban J connectivity index is 1.85. The summed E-state index contributed by atoms with van der Waals surface area (Å²) in [5.41, 5.74) is -1.32. The van der Waals surface area contributed by atoms with Gasteiger partial charge in [0.25, 0.3) is 0 Å². The number of anilines is 1. The first-order valence-corrected chi connectivity index (χ1v) is 8.64. The summed E-state index contributed by atoms with van der Waals surface area (Å²) >= 11 is 11.4. The molecule has 0 unspecified atom stereocenters. The Morgan fingerprint density at radius 1 is 1.11 bits per heavy atom. The van der Waals surface area contributed by atoms with Gasteiger partial charge in [-0.3, -0.25) is 9.69 Å².